The highest BCUT2D eigenvalue weighted by Crippen LogP contribution is 2.31. The molecule has 0 aliphatic heterocycles. The van der Waals surface area contributed by atoms with Crippen LogP contribution in [0.3, 0.4) is 0 Å². The molecule has 0 amide bonds. The molecule has 1 rings (SSSR count). The van der Waals surface area contributed by atoms with Crippen LogP contribution in [0.25, 0.3) is 0 Å². The molecule has 0 fully saturated rings. The fourth-order valence-electron chi connectivity index (χ4n) is 0.909. The van der Waals surface area contributed by atoms with E-state index in [2.05, 4.69) is 4.74 Å². The molecule has 0 heterocycles. The van der Waals surface area contributed by atoms with Gasteiger partial charge in [-0.2, -0.15) is 4.39 Å². The van der Waals surface area contributed by atoms with Crippen LogP contribution in [-0.2, 0) is 0 Å². The molecule has 0 aromatic heterocycles. The number of nitrogens with zero attached hydrogens (tertiary/aromatic N) is 1. The van der Waals surface area contributed by atoms with Gasteiger partial charge in [0.2, 0.25) is 5.82 Å². The molecule has 1 aromatic carbocycles. The maximum Gasteiger partial charge on any atom is 0.308 e. The normalized spacial score (nSPS) is 9.69. The van der Waals surface area contributed by atoms with Gasteiger partial charge >= 0.3 is 5.69 Å². The van der Waals surface area contributed by atoms with Crippen molar-refractivity contribution < 1.29 is 14.1 Å². The summed E-state index contributed by atoms with van der Waals surface area (Å²) in [5, 5.41) is 10.3. The Bertz CT molecular complexity index is 354. The first-order chi connectivity index (χ1) is 6.07. The van der Waals surface area contributed by atoms with Crippen LogP contribution in [0.1, 0.15) is 0 Å². The van der Waals surface area contributed by atoms with Crippen LogP contribution < -0.4 is 10.5 Å². The minimum atomic E-state index is -1.05. The van der Waals surface area contributed by atoms with Crippen molar-refractivity contribution in [2.75, 3.05) is 12.8 Å². The zero-order valence-electron chi connectivity index (χ0n) is 6.78. The second-order valence-corrected chi connectivity index (χ2v) is 2.28. The smallest absolute Gasteiger partial charge is 0.308 e. The SMILES string of the molecule is COc1c(N)ccc([N+](=O)[O-])c1F. The molecule has 1 aromatic rings. The van der Waals surface area contributed by atoms with Crippen molar-refractivity contribution in [1.29, 1.82) is 0 Å². The number of ether oxygens (including phenoxy) is 1. The number of anilines is 1. The molecule has 2 N–H and O–H groups in total. The number of nitrogens with two attached hydrogens (primary N) is 1. The van der Waals surface area contributed by atoms with E-state index in [0.29, 0.717) is 0 Å². The summed E-state index contributed by atoms with van der Waals surface area (Å²) in [6.07, 6.45) is 0. The van der Waals surface area contributed by atoms with Crippen LogP contribution in [0.4, 0.5) is 15.8 Å². The lowest BCUT2D eigenvalue weighted by atomic mass is 10.2. The van der Waals surface area contributed by atoms with Gasteiger partial charge < -0.3 is 10.5 Å². The highest BCUT2D eigenvalue weighted by molar-refractivity contribution is 5.58. The van der Waals surface area contributed by atoms with Gasteiger partial charge in [0, 0.05) is 6.07 Å². The molecule has 0 radical (unpaired) electrons. The monoisotopic (exact) mass is 186 g/mol. The van der Waals surface area contributed by atoms with Crippen LogP contribution in [-0.4, -0.2) is 12.0 Å². The van der Waals surface area contributed by atoms with Crippen molar-refractivity contribution in [3.63, 3.8) is 0 Å². The molecule has 0 spiro atoms. The van der Waals surface area contributed by atoms with Crippen molar-refractivity contribution in [3.8, 4) is 5.75 Å². The Kier molecular flexibility index (Phi) is 2.32. The summed E-state index contributed by atoms with van der Waals surface area (Å²) < 4.78 is 17.7. The number of nitrogen functional groups attached to an aromatic ring is 1. The van der Waals surface area contributed by atoms with E-state index in [1.165, 1.54) is 13.2 Å². The lowest BCUT2D eigenvalue weighted by Gasteiger charge is -2.04. The first-order valence-electron chi connectivity index (χ1n) is 3.34. The number of methoxy groups -OCH3 is 1. The Labute approximate surface area is 73.1 Å². The van der Waals surface area contributed by atoms with Gasteiger partial charge in [-0.3, -0.25) is 10.1 Å². The predicted molar refractivity (Wildman–Crippen MR) is 44.0 cm³/mol. The van der Waals surface area contributed by atoms with E-state index in [-0.39, 0.29) is 11.4 Å². The summed E-state index contributed by atoms with van der Waals surface area (Å²) in [5.41, 5.74) is 4.70. The molecular formula is C7H7FN2O3. The second kappa shape index (κ2) is 3.26. The molecule has 5 nitrogen and oxygen atoms in total. The lowest BCUT2D eigenvalue weighted by Crippen LogP contribution is -1.99. The molecule has 0 bridgehead atoms. The molecule has 13 heavy (non-hydrogen) atoms. The van der Waals surface area contributed by atoms with Crippen molar-refractivity contribution in [2.45, 2.75) is 0 Å². The number of nitro benzene ring substituents is 1. The minimum absolute atomic E-state index is 0.0330. The minimum Gasteiger partial charge on any atom is -0.491 e. The Morgan fingerprint density at radius 1 is 1.62 bits per heavy atom. The van der Waals surface area contributed by atoms with E-state index >= 15 is 0 Å². The van der Waals surface area contributed by atoms with Gasteiger partial charge in [-0.15, -0.1) is 0 Å². The van der Waals surface area contributed by atoms with Gasteiger partial charge in [-0.05, 0) is 6.07 Å². The average molecular weight is 186 g/mol. The molecule has 0 saturated carbocycles. The Morgan fingerprint density at radius 2 is 2.23 bits per heavy atom. The zero-order valence-corrected chi connectivity index (χ0v) is 6.78. The van der Waals surface area contributed by atoms with E-state index < -0.39 is 16.4 Å². The largest absolute Gasteiger partial charge is 0.491 e. The maximum absolute atomic E-state index is 13.1. The molecule has 70 valence electrons. The van der Waals surface area contributed by atoms with Crippen LogP contribution in [0.5, 0.6) is 5.75 Å². The molecule has 6 heteroatoms. The fourth-order valence-corrected chi connectivity index (χ4v) is 0.909. The quantitative estimate of drug-likeness (QED) is 0.429. The number of benzene rings is 1. The van der Waals surface area contributed by atoms with Gasteiger partial charge in [-0.1, -0.05) is 0 Å². The van der Waals surface area contributed by atoms with Crippen LogP contribution in [0.2, 0.25) is 0 Å². The molecule has 0 aliphatic carbocycles. The van der Waals surface area contributed by atoms with Gasteiger partial charge in [0.1, 0.15) is 0 Å². The van der Waals surface area contributed by atoms with Gasteiger partial charge in [0.25, 0.3) is 0 Å². The third kappa shape index (κ3) is 1.51. The van der Waals surface area contributed by atoms with Crippen molar-refractivity contribution in [1.82, 2.24) is 0 Å². The first-order valence-corrected chi connectivity index (χ1v) is 3.34. The van der Waals surface area contributed by atoms with Gasteiger partial charge in [0.15, 0.2) is 5.75 Å². The number of rotatable bonds is 2. The number of hydrogen-bond donors (Lipinski definition) is 1. The van der Waals surface area contributed by atoms with E-state index in [1.54, 1.807) is 0 Å². The summed E-state index contributed by atoms with van der Waals surface area (Å²) in [6.45, 7) is 0. The first kappa shape index (κ1) is 9.24. The average Bonchev–Trinajstić information content (AvgIpc) is 2.04. The second-order valence-electron chi connectivity index (χ2n) is 2.28. The molecular weight excluding hydrogens is 179 g/mol. The lowest BCUT2D eigenvalue weighted by molar-refractivity contribution is -0.387. The van der Waals surface area contributed by atoms with Crippen molar-refractivity contribution >= 4 is 11.4 Å². The molecule has 0 aliphatic rings. The number of halogens is 1. The van der Waals surface area contributed by atoms with Crippen LogP contribution in [0.15, 0.2) is 12.1 Å². The number of hydrogen-bond acceptors (Lipinski definition) is 4. The van der Waals surface area contributed by atoms with Crippen molar-refractivity contribution in [3.05, 3.63) is 28.1 Å². The fraction of sp³-hybridized carbons (Fsp3) is 0.143. The van der Waals surface area contributed by atoms with Gasteiger partial charge in [0.05, 0.1) is 17.7 Å². The maximum atomic E-state index is 13.1. The molecule has 0 unspecified atom stereocenters. The summed E-state index contributed by atoms with van der Waals surface area (Å²) in [4.78, 5) is 9.43. The predicted octanol–water partition coefficient (Wildman–Crippen LogP) is 1.32. The summed E-state index contributed by atoms with van der Waals surface area (Å²) in [5.74, 6) is -1.35. The third-order valence-electron chi connectivity index (χ3n) is 1.51. The highest BCUT2D eigenvalue weighted by atomic mass is 19.1. The zero-order chi connectivity index (χ0) is 10.0. The van der Waals surface area contributed by atoms with Gasteiger partial charge in [-0.25, -0.2) is 0 Å². The third-order valence-corrected chi connectivity index (χ3v) is 1.51. The number of nitro groups is 1. The molecule has 0 saturated heterocycles. The van der Waals surface area contributed by atoms with E-state index in [4.69, 9.17) is 5.73 Å². The standard InChI is InChI=1S/C7H7FN2O3/c1-13-7-4(9)2-3-5(6(7)8)10(11)12/h2-3H,9H2,1H3. The van der Waals surface area contributed by atoms with Crippen molar-refractivity contribution in [2.24, 2.45) is 0 Å². The van der Waals surface area contributed by atoms with E-state index in [1.807, 2.05) is 0 Å². The van der Waals surface area contributed by atoms with Crippen LogP contribution in [0, 0.1) is 15.9 Å². The molecule has 0 atom stereocenters. The van der Waals surface area contributed by atoms with E-state index in [9.17, 15) is 14.5 Å². The summed E-state index contributed by atoms with van der Waals surface area (Å²) in [7, 11) is 1.19. The highest BCUT2D eigenvalue weighted by Gasteiger charge is 2.20. The summed E-state index contributed by atoms with van der Waals surface area (Å²) in [6, 6.07) is 2.22. The van der Waals surface area contributed by atoms with Crippen LogP contribution >= 0.6 is 0 Å². The Balaban J connectivity index is 3.35. The Hall–Kier alpha value is -1.85. The topological polar surface area (TPSA) is 78.4 Å². The summed E-state index contributed by atoms with van der Waals surface area (Å²) >= 11 is 0. The van der Waals surface area contributed by atoms with E-state index in [0.717, 1.165) is 6.07 Å². The Morgan fingerprint density at radius 3 is 2.69 bits per heavy atom.